The zero-order valence-corrected chi connectivity index (χ0v) is 10.0. The van der Waals surface area contributed by atoms with Gasteiger partial charge >= 0.3 is 0 Å². The molecule has 3 heteroatoms. The lowest BCUT2D eigenvalue weighted by Crippen LogP contribution is -2.48. The Kier molecular flexibility index (Phi) is 4.58. The van der Waals surface area contributed by atoms with Crippen LogP contribution in [0.25, 0.3) is 0 Å². The molecule has 3 nitrogen and oxygen atoms in total. The van der Waals surface area contributed by atoms with Gasteiger partial charge in [-0.15, -0.1) is 0 Å². The van der Waals surface area contributed by atoms with Crippen molar-refractivity contribution in [3.63, 3.8) is 0 Å². The van der Waals surface area contributed by atoms with Crippen molar-refractivity contribution in [2.45, 2.75) is 70.4 Å². The smallest absolute Gasteiger partial charge is 0.219 e. The van der Waals surface area contributed by atoms with Crippen LogP contribution in [0.1, 0.15) is 58.8 Å². The Labute approximate surface area is 92.8 Å². The zero-order chi connectivity index (χ0) is 11.3. The molecule has 1 saturated carbocycles. The van der Waals surface area contributed by atoms with Crippen molar-refractivity contribution in [3.05, 3.63) is 0 Å². The standard InChI is InChI=1S/C12H24N2O/c1-12(2,9-11(13)15)14-10-7-5-3-4-6-8-10/h10,14H,3-9H2,1-2H3,(H2,13,15). The minimum Gasteiger partial charge on any atom is -0.370 e. The van der Waals surface area contributed by atoms with Crippen LogP contribution in [0, 0.1) is 0 Å². The van der Waals surface area contributed by atoms with Crippen LogP contribution in [0.3, 0.4) is 0 Å². The van der Waals surface area contributed by atoms with Crippen molar-refractivity contribution in [3.8, 4) is 0 Å². The van der Waals surface area contributed by atoms with Crippen LogP contribution in [0.5, 0.6) is 0 Å². The van der Waals surface area contributed by atoms with E-state index in [0.29, 0.717) is 12.5 Å². The Morgan fingerprint density at radius 1 is 1.27 bits per heavy atom. The van der Waals surface area contributed by atoms with Gasteiger partial charge in [0.2, 0.25) is 5.91 Å². The van der Waals surface area contributed by atoms with E-state index in [4.69, 9.17) is 5.73 Å². The molecule has 1 amide bonds. The second-order valence-corrected chi connectivity index (χ2v) is 5.36. The Bertz CT molecular complexity index is 206. The minimum atomic E-state index is -0.221. The summed E-state index contributed by atoms with van der Waals surface area (Å²) in [5, 5.41) is 3.57. The Morgan fingerprint density at radius 2 is 1.80 bits per heavy atom. The minimum absolute atomic E-state index is 0.152. The van der Waals surface area contributed by atoms with Crippen LogP contribution in [-0.4, -0.2) is 17.5 Å². The molecule has 0 aromatic heterocycles. The Balaban J connectivity index is 2.40. The van der Waals surface area contributed by atoms with Gasteiger partial charge in [0.1, 0.15) is 0 Å². The van der Waals surface area contributed by atoms with Gasteiger partial charge in [-0.25, -0.2) is 0 Å². The molecule has 0 spiro atoms. The summed E-state index contributed by atoms with van der Waals surface area (Å²) in [5.41, 5.74) is 5.08. The molecule has 0 aliphatic heterocycles. The normalized spacial score (nSPS) is 19.9. The molecule has 0 radical (unpaired) electrons. The molecule has 1 fully saturated rings. The van der Waals surface area contributed by atoms with Crippen LogP contribution in [0.4, 0.5) is 0 Å². The number of nitrogens with two attached hydrogens (primary N) is 1. The molecule has 0 saturated heterocycles. The van der Waals surface area contributed by atoms with Crippen LogP contribution in [-0.2, 0) is 4.79 Å². The van der Waals surface area contributed by atoms with Crippen LogP contribution >= 0.6 is 0 Å². The van der Waals surface area contributed by atoms with E-state index in [9.17, 15) is 4.79 Å². The number of nitrogens with one attached hydrogen (secondary N) is 1. The third-order valence-electron chi connectivity index (χ3n) is 3.07. The molecular weight excluding hydrogens is 188 g/mol. The fraction of sp³-hybridized carbons (Fsp3) is 0.917. The highest BCUT2D eigenvalue weighted by Gasteiger charge is 2.24. The van der Waals surface area contributed by atoms with Gasteiger partial charge in [-0.1, -0.05) is 25.7 Å². The number of rotatable bonds is 4. The van der Waals surface area contributed by atoms with Gasteiger partial charge in [0, 0.05) is 18.0 Å². The fourth-order valence-electron chi connectivity index (χ4n) is 2.46. The highest BCUT2D eigenvalue weighted by Crippen LogP contribution is 2.20. The van der Waals surface area contributed by atoms with Gasteiger partial charge in [0.05, 0.1) is 0 Å². The molecule has 0 heterocycles. The lowest BCUT2D eigenvalue weighted by Gasteiger charge is -2.30. The van der Waals surface area contributed by atoms with Gasteiger partial charge in [0.25, 0.3) is 0 Å². The van der Waals surface area contributed by atoms with E-state index in [0.717, 1.165) is 0 Å². The van der Waals surface area contributed by atoms with E-state index in [1.807, 2.05) is 0 Å². The fourth-order valence-corrected chi connectivity index (χ4v) is 2.46. The average Bonchev–Trinajstić information content (AvgIpc) is 2.29. The molecule has 0 atom stereocenters. The summed E-state index contributed by atoms with van der Waals surface area (Å²) in [6, 6.07) is 0.571. The molecule has 88 valence electrons. The summed E-state index contributed by atoms with van der Waals surface area (Å²) in [7, 11) is 0. The largest absolute Gasteiger partial charge is 0.370 e. The molecule has 0 aromatic rings. The van der Waals surface area contributed by atoms with Crippen molar-refractivity contribution >= 4 is 5.91 Å². The summed E-state index contributed by atoms with van der Waals surface area (Å²) in [6.07, 6.45) is 8.23. The van der Waals surface area contributed by atoms with Crippen molar-refractivity contribution < 1.29 is 4.79 Å². The monoisotopic (exact) mass is 212 g/mol. The SMILES string of the molecule is CC(C)(CC(N)=O)NC1CCCCCC1. The number of primary amides is 1. The number of carbonyl (C=O) groups is 1. The topological polar surface area (TPSA) is 55.1 Å². The van der Waals surface area contributed by atoms with Crippen LogP contribution in [0.2, 0.25) is 0 Å². The molecule has 1 rings (SSSR count). The van der Waals surface area contributed by atoms with Crippen LogP contribution < -0.4 is 11.1 Å². The molecule has 1 aliphatic carbocycles. The summed E-state index contributed by atoms with van der Waals surface area (Å²) in [4.78, 5) is 10.9. The maximum absolute atomic E-state index is 10.9. The number of carbonyl (C=O) groups excluding carboxylic acids is 1. The maximum Gasteiger partial charge on any atom is 0.219 e. The predicted molar refractivity (Wildman–Crippen MR) is 62.5 cm³/mol. The number of hydrogen-bond donors (Lipinski definition) is 2. The summed E-state index contributed by atoms with van der Waals surface area (Å²) in [6.45, 7) is 4.12. The summed E-state index contributed by atoms with van der Waals surface area (Å²) < 4.78 is 0. The van der Waals surface area contributed by atoms with Crippen molar-refractivity contribution in [2.24, 2.45) is 5.73 Å². The highest BCUT2D eigenvalue weighted by molar-refractivity contribution is 5.75. The van der Waals surface area contributed by atoms with Crippen LogP contribution in [0.15, 0.2) is 0 Å². The summed E-state index contributed by atoms with van der Waals surface area (Å²) in [5.74, 6) is -0.221. The molecule has 0 bridgehead atoms. The first-order valence-electron chi connectivity index (χ1n) is 6.06. The second-order valence-electron chi connectivity index (χ2n) is 5.36. The first-order chi connectivity index (χ1) is 6.99. The van der Waals surface area contributed by atoms with Crippen molar-refractivity contribution in [2.75, 3.05) is 0 Å². The number of hydrogen-bond acceptors (Lipinski definition) is 2. The lowest BCUT2D eigenvalue weighted by molar-refractivity contribution is -0.119. The average molecular weight is 212 g/mol. The van der Waals surface area contributed by atoms with Gasteiger partial charge in [-0.05, 0) is 26.7 Å². The first-order valence-corrected chi connectivity index (χ1v) is 6.06. The molecular formula is C12H24N2O. The summed E-state index contributed by atoms with van der Waals surface area (Å²) >= 11 is 0. The van der Waals surface area contributed by atoms with Gasteiger partial charge in [0.15, 0.2) is 0 Å². The van der Waals surface area contributed by atoms with Gasteiger partial charge < -0.3 is 11.1 Å². The van der Waals surface area contributed by atoms with Crippen molar-refractivity contribution in [1.29, 1.82) is 0 Å². The molecule has 3 N–H and O–H groups in total. The predicted octanol–water partition coefficient (Wildman–Crippen LogP) is 1.95. The highest BCUT2D eigenvalue weighted by atomic mass is 16.1. The first kappa shape index (κ1) is 12.5. The Hall–Kier alpha value is -0.570. The van der Waals surface area contributed by atoms with E-state index < -0.39 is 0 Å². The zero-order valence-electron chi connectivity index (χ0n) is 10.0. The van der Waals surface area contributed by atoms with E-state index >= 15 is 0 Å². The Morgan fingerprint density at radius 3 is 2.27 bits per heavy atom. The molecule has 0 unspecified atom stereocenters. The third-order valence-corrected chi connectivity index (χ3v) is 3.07. The van der Waals surface area contributed by atoms with E-state index in [2.05, 4.69) is 19.2 Å². The molecule has 1 aliphatic rings. The third kappa shape index (κ3) is 5.17. The second kappa shape index (κ2) is 5.50. The maximum atomic E-state index is 10.9. The van der Waals surface area contributed by atoms with Crippen molar-refractivity contribution in [1.82, 2.24) is 5.32 Å². The molecule has 15 heavy (non-hydrogen) atoms. The van der Waals surface area contributed by atoms with Gasteiger partial charge in [-0.3, -0.25) is 4.79 Å². The van der Waals surface area contributed by atoms with E-state index in [1.54, 1.807) is 0 Å². The lowest BCUT2D eigenvalue weighted by atomic mass is 9.97. The quantitative estimate of drug-likeness (QED) is 0.700. The number of amides is 1. The molecule has 0 aromatic carbocycles. The van der Waals surface area contributed by atoms with Gasteiger partial charge in [-0.2, -0.15) is 0 Å². The van der Waals surface area contributed by atoms with E-state index in [-0.39, 0.29) is 11.4 Å². The van der Waals surface area contributed by atoms with E-state index in [1.165, 1.54) is 38.5 Å².